The Labute approximate surface area is 129 Å². The Hall–Kier alpha value is -3.35. The van der Waals surface area contributed by atoms with Gasteiger partial charge in [-0.25, -0.2) is 14.3 Å². The number of fused-ring (bicyclic) bond motifs is 3. The number of carboxylic acid groups (broad SMARTS) is 1. The Balaban J connectivity index is 1.90. The molecule has 0 atom stereocenters. The van der Waals surface area contributed by atoms with Crippen LogP contribution in [0.25, 0.3) is 16.6 Å². The van der Waals surface area contributed by atoms with Gasteiger partial charge in [0.15, 0.2) is 22.7 Å². The van der Waals surface area contributed by atoms with Gasteiger partial charge in [0.25, 0.3) is 0 Å². The molecular weight excluding hydrogens is 298 g/mol. The molecule has 7 nitrogen and oxygen atoms in total. The van der Waals surface area contributed by atoms with Gasteiger partial charge in [0.05, 0.1) is 11.6 Å². The highest BCUT2D eigenvalue weighted by Crippen LogP contribution is 2.33. The fraction of sp³-hybridized carbons (Fsp3) is 0.0625. The van der Waals surface area contributed by atoms with Gasteiger partial charge in [0, 0.05) is 0 Å². The lowest BCUT2D eigenvalue weighted by Crippen LogP contribution is -2.11. The molecule has 0 unspecified atom stereocenters. The fourth-order valence-corrected chi connectivity index (χ4v) is 2.51. The summed E-state index contributed by atoms with van der Waals surface area (Å²) in [4.78, 5) is 15.8. The van der Waals surface area contributed by atoms with Crippen molar-refractivity contribution in [2.45, 2.75) is 6.61 Å². The van der Waals surface area contributed by atoms with Crippen LogP contribution < -0.4 is 4.74 Å². The first-order chi connectivity index (χ1) is 11.3. The maximum absolute atomic E-state index is 11.7. The van der Waals surface area contributed by atoms with E-state index in [-0.39, 0.29) is 18.1 Å². The molecule has 0 saturated heterocycles. The first-order valence-corrected chi connectivity index (χ1v) is 6.88. The van der Waals surface area contributed by atoms with Crippen LogP contribution in [0.3, 0.4) is 0 Å². The number of carbonyl (C=O) groups is 1. The molecule has 4 aromatic rings. The van der Waals surface area contributed by atoms with Crippen molar-refractivity contribution in [2.24, 2.45) is 0 Å². The molecule has 0 spiro atoms. The molecule has 114 valence electrons. The summed E-state index contributed by atoms with van der Waals surface area (Å²) in [7, 11) is 0. The van der Waals surface area contributed by atoms with Crippen LogP contribution in [0.4, 0.5) is 0 Å². The second-order valence-corrected chi connectivity index (χ2v) is 4.92. The van der Waals surface area contributed by atoms with E-state index in [0.717, 1.165) is 5.56 Å². The predicted octanol–water partition coefficient (Wildman–Crippen LogP) is 2.75. The van der Waals surface area contributed by atoms with Gasteiger partial charge in [-0.15, -0.1) is 0 Å². The Morgan fingerprint density at radius 1 is 1.26 bits per heavy atom. The van der Waals surface area contributed by atoms with Crippen LogP contribution in [0, 0.1) is 0 Å². The molecule has 1 N–H and O–H groups in total. The van der Waals surface area contributed by atoms with E-state index in [1.54, 1.807) is 6.07 Å². The van der Waals surface area contributed by atoms with Crippen LogP contribution in [0.1, 0.15) is 16.1 Å². The molecule has 0 aliphatic rings. The number of aromatic carboxylic acids is 1. The molecule has 1 aromatic carbocycles. The Morgan fingerprint density at radius 2 is 2.09 bits per heavy atom. The number of rotatable bonds is 4. The zero-order valence-corrected chi connectivity index (χ0v) is 11.8. The molecule has 0 radical (unpaired) electrons. The molecule has 0 aliphatic carbocycles. The van der Waals surface area contributed by atoms with Crippen molar-refractivity contribution in [3.05, 3.63) is 60.2 Å². The molecule has 0 saturated carbocycles. The first-order valence-electron chi connectivity index (χ1n) is 6.88. The third-order valence-electron chi connectivity index (χ3n) is 3.52. The average molecular weight is 309 g/mol. The van der Waals surface area contributed by atoms with Crippen molar-refractivity contribution < 1.29 is 19.1 Å². The molecule has 7 heteroatoms. The molecule has 3 aromatic heterocycles. The number of benzene rings is 1. The highest BCUT2D eigenvalue weighted by molar-refractivity contribution is 6.02. The van der Waals surface area contributed by atoms with Crippen molar-refractivity contribution in [3.8, 4) is 5.75 Å². The largest absolute Gasteiger partial charge is 0.483 e. The summed E-state index contributed by atoms with van der Waals surface area (Å²) < 4.78 is 12.5. The van der Waals surface area contributed by atoms with Crippen molar-refractivity contribution in [3.63, 3.8) is 0 Å². The zero-order chi connectivity index (χ0) is 15.8. The number of furan rings is 1. The molecule has 23 heavy (non-hydrogen) atoms. The monoisotopic (exact) mass is 309 g/mol. The van der Waals surface area contributed by atoms with Gasteiger partial charge in [-0.1, -0.05) is 30.3 Å². The number of hydrogen-bond donors (Lipinski definition) is 1. The Bertz CT molecular complexity index is 1000. The summed E-state index contributed by atoms with van der Waals surface area (Å²) in [6.45, 7) is 0.219. The van der Waals surface area contributed by atoms with E-state index in [4.69, 9.17) is 9.15 Å². The molecule has 3 heterocycles. The lowest BCUT2D eigenvalue weighted by atomic mass is 10.2. The van der Waals surface area contributed by atoms with E-state index >= 15 is 0 Å². The van der Waals surface area contributed by atoms with Gasteiger partial charge in [-0.05, 0) is 11.6 Å². The predicted molar refractivity (Wildman–Crippen MR) is 80.5 cm³/mol. The van der Waals surface area contributed by atoms with Gasteiger partial charge in [0.1, 0.15) is 12.9 Å². The summed E-state index contributed by atoms with van der Waals surface area (Å²) in [5, 5.41) is 14.2. The lowest BCUT2D eigenvalue weighted by molar-refractivity contribution is 0.0681. The molecule has 0 aliphatic heterocycles. The average Bonchev–Trinajstić information content (AvgIpc) is 3.21. The molecule has 0 amide bonds. The fourth-order valence-electron chi connectivity index (χ4n) is 2.51. The zero-order valence-electron chi connectivity index (χ0n) is 11.8. The first kappa shape index (κ1) is 13.3. The van der Waals surface area contributed by atoms with E-state index in [9.17, 15) is 9.90 Å². The van der Waals surface area contributed by atoms with Gasteiger partial charge in [0.2, 0.25) is 0 Å². The second kappa shape index (κ2) is 5.13. The summed E-state index contributed by atoms with van der Waals surface area (Å²) >= 11 is 0. The Kier molecular flexibility index (Phi) is 2.97. The maximum Gasteiger partial charge on any atom is 0.358 e. The summed E-state index contributed by atoms with van der Waals surface area (Å²) in [5.74, 6) is -1.03. The quantitative estimate of drug-likeness (QED) is 0.623. The molecule has 0 fully saturated rings. The minimum absolute atomic E-state index is 0.115. The maximum atomic E-state index is 11.7. The van der Waals surface area contributed by atoms with E-state index < -0.39 is 5.97 Å². The van der Waals surface area contributed by atoms with Crippen LogP contribution in [0.15, 0.2) is 53.4 Å². The standard InChI is InChI=1S/C16H11N3O4/c20-16(21)12-14(23-8-10-4-2-1-3-5-10)13-11(6-7-22-13)15-17-9-18-19(12)15/h1-7,9H,8H2,(H,20,21). The second-order valence-electron chi connectivity index (χ2n) is 4.92. The number of pyridine rings is 1. The van der Waals surface area contributed by atoms with Crippen LogP contribution in [-0.4, -0.2) is 25.7 Å². The molecule has 4 rings (SSSR count). The third kappa shape index (κ3) is 2.10. The van der Waals surface area contributed by atoms with E-state index in [0.29, 0.717) is 16.6 Å². The summed E-state index contributed by atoms with van der Waals surface area (Å²) in [6.07, 6.45) is 2.77. The van der Waals surface area contributed by atoms with E-state index in [1.165, 1.54) is 17.1 Å². The topological polar surface area (TPSA) is 89.9 Å². The molecule has 0 bridgehead atoms. The lowest BCUT2D eigenvalue weighted by Gasteiger charge is -2.11. The smallest absolute Gasteiger partial charge is 0.358 e. The van der Waals surface area contributed by atoms with Gasteiger partial charge < -0.3 is 14.3 Å². The van der Waals surface area contributed by atoms with Gasteiger partial charge in [-0.2, -0.15) is 5.10 Å². The number of ether oxygens (including phenoxy) is 1. The van der Waals surface area contributed by atoms with Crippen molar-refractivity contribution in [2.75, 3.05) is 0 Å². The highest BCUT2D eigenvalue weighted by atomic mass is 16.5. The van der Waals surface area contributed by atoms with Crippen LogP contribution in [0.2, 0.25) is 0 Å². The van der Waals surface area contributed by atoms with Crippen LogP contribution in [0.5, 0.6) is 5.75 Å². The van der Waals surface area contributed by atoms with Crippen LogP contribution >= 0.6 is 0 Å². The minimum Gasteiger partial charge on any atom is -0.483 e. The van der Waals surface area contributed by atoms with Crippen molar-refractivity contribution in [1.29, 1.82) is 0 Å². The number of hydrogen-bond acceptors (Lipinski definition) is 5. The molecular formula is C16H11N3O4. The van der Waals surface area contributed by atoms with Crippen LogP contribution in [-0.2, 0) is 6.61 Å². The van der Waals surface area contributed by atoms with Gasteiger partial charge >= 0.3 is 5.97 Å². The van der Waals surface area contributed by atoms with Gasteiger partial charge in [-0.3, -0.25) is 0 Å². The minimum atomic E-state index is -1.16. The highest BCUT2D eigenvalue weighted by Gasteiger charge is 2.24. The summed E-state index contributed by atoms with van der Waals surface area (Å²) in [5.41, 5.74) is 1.56. The third-order valence-corrected chi connectivity index (χ3v) is 3.52. The van der Waals surface area contributed by atoms with Crippen molar-refractivity contribution >= 4 is 22.6 Å². The van der Waals surface area contributed by atoms with E-state index in [1.807, 2.05) is 30.3 Å². The number of carboxylic acids is 1. The SMILES string of the molecule is O=C(O)c1c(OCc2ccccc2)c2occc2c2ncnn12. The summed E-state index contributed by atoms with van der Waals surface area (Å²) in [6, 6.07) is 11.2. The Morgan fingerprint density at radius 3 is 2.87 bits per heavy atom. The number of nitrogens with zero attached hydrogens (tertiary/aromatic N) is 3. The van der Waals surface area contributed by atoms with E-state index in [2.05, 4.69) is 10.1 Å². The number of aromatic nitrogens is 3. The van der Waals surface area contributed by atoms with Crippen molar-refractivity contribution in [1.82, 2.24) is 14.6 Å². The normalized spacial score (nSPS) is 11.1.